The molecule has 7 nitrogen and oxygen atoms in total. The predicted octanol–water partition coefficient (Wildman–Crippen LogP) is 2.07. The van der Waals surface area contributed by atoms with Gasteiger partial charge in [0.05, 0.1) is 11.5 Å². The van der Waals surface area contributed by atoms with Crippen LogP contribution in [0, 0.1) is 10.1 Å². The number of benzene rings is 1. The molecule has 0 heterocycles. The number of rotatable bonds is 4. The summed E-state index contributed by atoms with van der Waals surface area (Å²) < 4.78 is 38.2. The van der Waals surface area contributed by atoms with Crippen LogP contribution >= 0.6 is 0 Å². The second kappa shape index (κ2) is 6.39. The first-order valence-corrected chi connectivity index (χ1v) is 5.65. The molecule has 10 heteroatoms. The minimum Gasteiger partial charge on any atom is -0.395 e. The van der Waals surface area contributed by atoms with E-state index in [0.29, 0.717) is 12.1 Å². The van der Waals surface area contributed by atoms with Gasteiger partial charge in [-0.05, 0) is 12.1 Å². The first-order valence-electron chi connectivity index (χ1n) is 5.65. The molecule has 0 saturated heterocycles. The van der Waals surface area contributed by atoms with E-state index in [-0.39, 0.29) is 18.8 Å². The topological polar surface area (TPSA) is 95.7 Å². The fourth-order valence-corrected chi connectivity index (χ4v) is 1.47. The van der Waals surface area contributed by atoms with Crippen molar-refractivity contribution in [1.82, 2.24) is 4.90 Å². The van der Waals surface area contributed by atoms with E-state index in [1.165, 1.54) is 7.05 Å². The number of halogens is 3. The van der Waals surface area contributed by atoms with Crippen LogP contribution in [-0.2, 0) is 6.18 Å². The van der Waals surface area contributed by atoms with E-state index in [0.717, 1.165) is 11.0 Å². The Labute approximate surface area is 117 Å². The minimum atomic E-state index is -4.92. The summed E-state index contributed by atoms with van der Waals surface area (Å²) in [6.45, 7) is -0.317. The molecule has 2 amide bonds. The van der Waals surface area contributed by atoms with Crippen molar-refractivity contribution in [3.63, 3.8) is 0 Å². The fraction of sp³-hybridized carbons (Fsp3) is 0.364. The van der Waals surface area contributed by atoms with Crippen molar-refractivity contribution in [1.29, 1.82) is 0 Å². The van der Waals surface area contributed by atoms with E-state index >= 15 is 0 Å². The highest BCUT2D eigenvalue weighted by molar-refractivity contribution is 5.89. The quantitative estimate of drug-likeness (QED) is 0.657. The number of nitrogens with one attached hydrogen (secondary N) is 1. The Morgan fingerprint density at radius 3 is 2.57 bits per heavy atom. The number of aliphatic hydroxyl groups excluding tert-OH is 1. The molecule has 0 aromatic heterocycles. The second-order valence-electron chi connectivity index (χ2n) is 4.06. The van der Waals surface area contributed by atoms with Crippen LogP contribution < -0.4 is 5.32 Å². The summed E-state index contributed by atoms with van der Waals surface area (Å²) in [5, 5.41) is 21.4. The molecule has 0 saturated carbocycles. The molecule has 0 fully saturated rings. The van der Waals surface area contributed by atoms with Crippen LogP contribution in [0.2, 0.25) is 0 Å². The molecule has 116 valence electrons. The smallest absolute Gasteiger partial charge is 0.395 e. The van der Waals surface area contributed by atoms with Crippen LogP contribution in [-0.4, -0.2) is 41.2 Å². The molecule has 21 heavy (non-hydrogen) atoms. The molecular formula is C11H12F3N3O4. The monoisotopic (exact) mass is 307 g/mol. The van der Waals surface area contributed by atoms with Gasteiger partial charge in [-0.2, -0.15) is 13.2 Å². The normalized spacial score (nSPS) is 11.1. The Balaban J connectivity index is 3.06. The van der Waals surface area contributed by atoms with Crippen LogP contribution in [0.25, 0.3) is 0 Å². The average molecular weight is 307 g/mol. The number of nitro benzene ring substituents is 1. The maximum Gasteiger partial charge on any atom is 0.423 e. The SMILES string of the molecule is CN(CCO)C(=O)Nc1ccc([N+](=O)[O-])c(C(F)(F)F)c1. The lowest BCUT2D eigenvalue weighted by molar-refractivity contribution is -0.388. The molecule has 0 spiro atoms. The number of hydrogen-bond acceptors (Lipinski definition) is 4. The van der Waals surface area contributed by atoms with Gasteiger partial charge in [0, 0.05) is 25.3 Å². The number of anilines is 1. The highest BCUT2D eigenvalue weighted by Crippen LogP contribution is 2.37. The van der Waals surface area contributed by atoms with Crippen LogP contribution in [0.15, 0.2) is 18.2 Å². The summed E-state index contributed by atoms with van der Waals surface area (Å²) in [6, 6.07) is 1.41. The molecule has 0 aliphatic heterocycles. The van der Waals surface area contributed by atoms with Gasteiger partial charge < -0.3 is 15.3 Å². The number of carbonyl (C=O) groups excluding carboxylic acids is 1. The van der Waals surface area contributed by atoms with Gasteiger partial charge in [-0.1, -0.05) is 0 Å². The van der Waals surface area contributed by atoms with Crippen LogP contribution in [0.3, 0.4) is 0 Å². The molecule has 1 aromatic rings. The number of amides is 2. The Morgan fingerprint density at radius 2 is 2.10 bits per heavy atom. The molecule has 0 aliphatic rings. The Hall–Kier alpha value is -2.36. The highest BCUT2D eigenvalue weighted by atomic mass is 19.4. The Morgan fingerprint density at radius 1 is 1.48 bits per heavy atom. The van der Waals surface area contributed by atoms with E-state index in [1.807, 2.05) is 0 Å². The highest BCUT2D eigenvalue weighted by Gasteiger charge is 2.38. The zero-order valence-corrected chi connectivity index (χ0v) is 10.8. The van der Waals surface area contributed by atoms with E-state index in [2.05, 4.69) is 5.32 Å². The summed E-state index contributed by atoms with van der Waals surface area (Å²) in [5.41, 5.74) is -2.78. The minimum absolute atomic E-state index is 0.00899. The number of alkyl halides is 3. The first kappa shape index (κ1) is 16.7. The van der Waals surface area contributed by atoms with Crippen LogP contribution in [0.1, 0.15) is 5.56 Å². The number of nitro groups is 1. The summed E-state index contributed by atoms with van der Waals surface area (Å²) in [5.74, 6) is 0. The van der Waals surface area contributed by atoms with Gasteiger partial charge in [0.25, 0.3) is 5.69 Å². The van der Waals surface area contributed by atoms with Crippen molar-refractivity contribution in [3.05, 3.63) is 33.9 Å². The van der Waals surface area contributed by atoms with E-state index in [9.17, 15) is 28.1 Å². The van der Waals surface area contributed by atoms with Crippen molar-refractivity contribution < 1.29 is 28.0 Å². The zero-order chi connectivity index (χ0) is 16.2. The fourth-order valence-electron chi connectivity index (χ4n) is 1.47. The molecule has 2 N–H and O–H groups in total. The summed E-state index contributed by atoms with van der Waals surface area (Å²) in [4.78, 5) is 22.1. The number of hydrogen-bond donors (Lipinski definition) is 2. The average Bonchev–Trinajstić information content (AvgIpc) is 2.37. The van der Waals surface area contributed by atoms with Gasteiger partial charge in [-0.15, -0.1) is 0 Å². The number of carbonyl (C=O) groups is 1. The summed E-state index contributed by atoms with van der Waals surface area (Å²) in [6.07, 6.45) is -4.92. The third-order valence-corrected chi connectivity index (χ3v) is 2.53. The molecular weight excluding hydrogens is 295 g/mol. The lowest BCUT2D eigenvalue weighted by Crippen LogP contribution is -2.33. The predicted molar refractivity (Wildman–Crippen MR) is 66.8 cm³/mol. The molecule has 0 bridgehead atoms. The van der Waals surface area contributed by atoms with E-state index in [1.54, 1.807) is 0 Å². The Bertz CT molecular complexity index is 548. The largest absolute Gasteiger partial charge is 0.423 e. The molecule has 0 aliphatic carbocycles. The molecule has 1 aromatic carbocycles. The van der Waals surface area contributed by atoms with Gasteiger partial charge in [-0.3, -0.25) is 10.1 Å². The number of aliphatic hydroxyl groups is 1. The van der Waals surface area contributed by atoms with Gasteiger partial charge in [-0.25, -0.2) is 4.79 Å². The van der Waals surface area contributed by atoms with Crippen molar-refractivity contribution in [2.45, 2.75) is 6.18 Å². The first-order chi connectivity index (χ1) is 9.66. The standard InChI is InChI=1S/C11H12F3N3O4/c1-16(4-5-18)10(19)15-7-2-3-9(17(20)21)8(6-7)11(12,13)14/h2-3,6,18H,4-5H2,1H3,(H,15,19). The van der Waals surface area contributed by atoms with Crippen molar-refractivity contribution in [2.24, 2.45) is 0 Å². The summed E-state index contributed by atoms with van der Waals surface area (Å²) in [7, 11) is 1.33. The molecule has 0 atom stereocenters. The van der Waals surface area contributed by atoms with Gasteiger partial charge in [0.2, 0.25) is 0 Å². The summed E-state index contributed by atoms with van der Waals surface area (Å²) >= 11 is 0. The van der Waals surface area contributed by atoms with Gasteiger partial charge in [0.1, 0.15) is 5.56 Å². The number of urea groups is 1. The van der Waals surface area contributed by atoms with Crippen LogP contribution in [0.4, 0.5) is 29.3 Å². The van der Waals surface area contributed by atoms with Crippen molar-refractivity contribution >= 4 is 17.4 Å². The van der Waals surface area contributed by atoms with Crippen molar-refractivity contribution in [3.8, 4) is 0 Å². The molecule has 1 rings (SSSR count). The van der Waals surface area contributed by atoms with Crippen LogP contribution in [0.5, 0.6) is 0 Å². The van der Waals surface area contributed by atoms with Gasteiger partial charge in [0.15, 0.2) is 0 Å². The van der Waals surface area contributed by atoms with E-state index in [4.69, 9.17) is 5.11 Å². The maximum atomic E-state index is 12.7. The third kappa shape index (κ3) is 4.31. The lowest BCUT2D eigenvalue weighted by atomic mass is 10.1. The molecule has 0 unspecified atom stereocenters. The zero-order valence-electron chi connectivity index (χ0n) is 10.8. The molecule has 0 radical (unpaired) electrons. The van der Waals surface area contributed by atoms with E-state index < -0.39 is 28.4 Å². The second-order valence-corrected chi connectivity index (χ2v) is 4.06. The van der Waals surface area contributed by atoms with Gasteiger partial charge >= 0.3 is 12.2 Å². The van der Waals surface area contributed by atoms with Crippen molar-refractivity contribution in [2.75, 3.05) is 25.5 Å². The number of nitrogens with zero attached hydrogens (tertiary/aromatic N) is 2. The third-order valence-electron chi connectivity index (χ3n) is 2.53. The lowest BCUT2D eigenvalue weighted by Gasteiger charge is -2.17. The Kier molecular flexibility index (Phi) is 5.08. The maximum absolute atomic E-state index is 12.7. The number of likely N-dealkylation sites (N-methyl/N-ethyl adjacent to an activating group) is 1.